The number of nitrogens with one attached hydrogen (secondary N) is 1. The fourth-order valence-electron chi connectivity index (χ4n) is 3.05. The molecule has 1 N–H and O–H groups in total. The number of aryl methyl sites for hydroxylation is 2. The first-order chi connectivity index (χ1) is 13.8. The van der Waals surface area contributed by atoms with Gasteiger partial charge in [0.25, 0.3) is 11.6 Å². The molecule has 1 saturated heterocycles. The number of ether oxygens (including phenoxy) is 1. The molecule has 0 saturated carbocycles. The van der Waals surface area contributed by atoms with Crippen LogP contribution in [0.1, 0.15) is 33.8 Å². The van der Waals surface area contributed by atoms with Gasteiger partial charge in [0.05, 0.1) is 16.7 Å². The maximum Gasteiger partial charge on any atom is 0.270 e. The molecule has 1 aliphatic rings. The van der Waals surface area contributed by atoms with E-state index in [2.05, 4.69) is 10.3 Å². The van der Waals surface area contributed by atoms with E-state index in [9.17, 15) is 19.7 Å². The van der Waals surface area contributed by atoms with E-state index in [-0.39, 0.29) is 36.4 Å². The van der Waals surface area contributed by atoms with E-state index in [1.54, 1.807) is 0 Å². The fraction of sp³-hybridized carbons (Fsp3) is 0.421. The van der Waals surface area contributed by atoms with Crippen LogP contribution in [-0.2, 0) is 9.53 Å². The Bertz CT molecular complexity index is 904. The molecule has 0 unspecified atom stereocenters. The van der Waals surface area contributed by atoms with Gasteiger partial charge in [0.1, 0.15) is 6.54 Å². The number of benzene rings is 1. The van der Waals surface area contributed by atoms with Crippen LogP contribution in [0.15, 0.2) is 24.3 Å². The summed E-state index contributed by atoms with van der Waals surface area (Å²) in [5.74, 6) is -0.832. The van der Waals surface area contributed by atoms with Gasteiger partial charge in [-0.1, -0.05) is 6.07 Å². The van der Waals surface area contributed by atoms with E-state index in [4.69, 9.17) is 4.74 Å². The fourth-order valence-corrected chi connectivity index (χ4v) is 3.88. The predicted molar refractivity (Wildman–Crippen MR) is 108 cm³/mol. The summed E-state index contributed by atoms with van der Waals surface area (Å²) in [4.78, 5) is 42.7. The summed E-state index contributed by atoms with van der Waals surface area (Å²) in [6, 6.07) is 5.50. The number of nitro groups is 1. The molecule has 2 aromatic rings. The minimum absolute atomic E-state index is 0.158. The summed E-state index contributed by atoms with van der Waals surface area (Å²) in [6.07, 6.45) is 1.54. The van der Waals surface area contributed by atoms with Crippen molar-refractivity contribution in [3.8, 4) is 0 Å². The highest BCUT2D eigenvalue weighted by Crippen LogP contribution is 2.22. The molecule has 10 heteroatoms. The third-order valence-electron chi connectivity index (χ3n) is 4.65. The Morgan fingerprint density at radius 2 is 2.21 bits per heavy atom. The van der Waals surface area contributed by atoms with E-state index in [0.29, 0.717) is 11.7 Å². The molecule has 0 aliphatic carbocycles. The number of amides is 2. The van der Waals surface area contributed by atoms with Gasteiger partial charge in [0.2, 0.25) is 5.91 Å². The van der Waals surface area contributed by atoms with Crippen molar-refractivity contribution in [3.63, 3.8) is 0 Å². The quantitative estimate of drug-likeness (QED) is 0.546. The van der Waals surface area contributed by atoms with Crippen molar-refractivity contribution in [2.75, 3.05) is 25.0 Å². The summed E-state index contributed by atoms with van der Waals surface area (Å²) in [7, 11) is 0. The zero-order valence-electron chi connectivity index (χ0n) is 16.2. The third-order valence-corrected chi connectivity index (χ3v) is 5.64. The zero-order valence-corrected chi connectivity index (χ0v) is 17.0. The molecule has 0 bridgehead atoms. The second kappa shape index (κ2) is 9.10. The molecule has 9 nitrogen and oxygen atoms in total. The van der Waals surface area contributed by atoms with Crippen molar-refractivity contribution < 1.29 is 19.2 Å². The van der Waals surface area contributed by atoms with Crippen molar-refractivity contribution in [2.24, 2.45) is 0 Å². The normalized spacial score (nSPS) is 15.9. The molecule has 1 fully saturated rings. The second-order valence-corrected chi connectivity index (χ2v) is 8.04. The monoisotopic (exact) mass is 418 g/mol. The van der Waals surface area contributed by atoms with Crippen LogP contribution in [0.25, 0.3) is 0 Å². The van der Waals surface area contributed by atoms with Gasteiger partial charge in [0.15, 0.2) is 5.13 Å². The Balaban J connectivity index is 1.76. The molecule has 154 valence electrons. The van der Waals surface area contributed by atoms with E-state index in [1.807, 2.05) is 13.8 Å². The van der Waals surface area contributed by atoms with Gasteiger partial charge >= 0.3 is 0 Å². The van der Waals surface area contributed by atoms with Crippen molar-refractivity contribution in [1.82, 2.24) is 9.88 Å². The summed E-state index contributed by atoms with van der Waals surface area (Å²) in [5, 5.41) is 14.2. The Labute approximate surface area is 171 Å². The van der Waals surface area contributed by atoms with E-state index in [1.165, 1.54) is 40.5 Å². The molecule has 2 heterocycles. The van der Waals surface area contributed by atoms with E-state index in [0.717, 1.165) is 23.4 Å². The molecule has 0 radical (unpaired) electrons. The number of carbonyl (C=O) groups is 2. The third kappa shape index (κ3) is 5.36. The standard InChI is InChI=1S/C19H22N4O5S/c1-12-13(2)29-19(20-12)21-17(24)11-22(10-16-7-4-8-28-16)18(25)14-5-3-6-15(9-14)23(26)27/h3,5-6,9,16H,4,7-8,10-11H2,1-2H3,(H,20,21,24)/t16-/m0/s1. The average molecular weight is 418 g/mol. The number of anilines is 1. The predicted octanol–water partition coefficient (Wildman–Crippen LogP) is 2.93. The first kappa shape index (κ1) is 20.9. The Kier molecular flexibility index (Phi) is 6.55. The number of thiazole rings is 1. The molecule has 2 amide bonds. The highest BCUT2D eigenvalue weighted by Gasteiger charge is 2.26. The molecule has 1 aromatic carbocycles. The molecule has 29 heavy (non-hydrogen) atoms. The molecule has 3 rings (SSSR count). The van der Waals surface area contributed by atoms with Gasteiger partial charge in [0, 0.05) is 35.7 Å². The minimum atomic E-state index is -0.555. The number of nitro benzene ring substituents is 1. The number of hydrogen-bond acceptors (Lipinski definition) is 7. The van der Waals surface area contributed by atoms with Crippen LogP contribution in [0.3, 0.4) is 0 Å². The molecular weight excluding hydrogens is 396 g/mol. The zero-order chi connectivity index (χ0) is 21.0. The lowest BCUT2D eigenvalue weighted by molar-refractivity contribution is -0.384. The van der Waals surface area contributed by atoms with Gasteiger partial charge in [-0.05, 0) is 32.8 Å². The van der Waals surface area contributed by atoms with Crippen LogP contribution in [0.5, 0.6) is 0 Å². The lowest BCUT2D eigenvalue weighted by atomic mass is 10.1. The van der Waals surface area contributed by atoms with Crippen LogP contribution in [0, 0.1) is 24.0 Å². The largest absolute Gasteiger partial charge is 0.376 e. The SMILES string of the molecule is Cc1nc(NC(=O)CN(C[C@@H]2CCCO2)C(=O)c2cccc([N+](=O)[O-])c2)sc1C. The highest BCUT2D eigenvalue weighted by molar-refractivity contribution is 7.15. The van der Waals surface area contributed by atoms with Gasteiger partial charge < -0.3 is 15.0 Å². The van der Waals surface area contributed by atoms with Crippen molar-refractivity contribution >= 4 is 34.0 Å². The highest BCUT2D eigenvalue weighted by atomic mass is 32.1. The average Bonchev–Trinajstić information content (AvgIpc) is 3.30. The number of hydrogen-bond donors (Lipinski definition) is 1. The number of aromatic nitrogens is 1. The van der Waals surface area contributed by atoms with Crippen LogP contribution >= 0.6 is 11.3 Å². The van der Waals surface area contributed by atoms with Gasteiger partial charge in [-0.3, -0.25) is 19.7 Å². The van der Waals surface area contributed by atoms with Crippen LogP contribution in [0.4, 0.5) is 10.8 Å². The molecule has 1 aromatic heterocycles. The number of carbonyl (C=O) groups excluding carboxylic acids is 2. The second-order valence-electron chi connectivity index (χ2n) is 6.84. The maximum atomic E-state index is 13.0. The topological polar surface area (TPSA) is 115 Å². The number of nitrogens with zero attached hydrogens (tertiary/aromatic N) is 3. The molecule has 0 spiro atoms. The smallest absolute Gasteiger partial charge is 0.270 e. The summed E-state index contributed by atoms with van der Waals surface area (Å²) >= 11 is 1.37. The van der Waals surface area contributed by atoms with E-state index < -0.39 is 10.8 Å². The lowest BCUT2D eigenvalue weighted by Gasteiger charge is -2.25. The molecular formula is C19H22N4O5S. The van der Waals surface area contributed by atoms with Gasteiger partial charge in [-0.15, -0.1) is 11.3 Å². The van der Waals surface area contributed by atoms with E-state index >= 15 is 0 Å². The van der Waals surface area contributed by atoms with Gasteiger partial charge in [-0.25, -0.2) is 4.98 Å². The molecule has 1 aliphatic heterocycles. The first-order valence-corrected chi connectivity index (χ1v) is 10.0. The van der Waals surface area contributed by atoms with Crippen LogP contribution in [-0.4, -0.2) is 52.4 Å². The van der Waals surface area contributed by atoms with Crippen molar-refractivity contribution in [2.45, 2.75) is 32.8 Å². The Hall–Kier alpha value is -2.85. The first-order valence-electron chi connectivity index (χ1n) is 9.22. The van der Waals surface area contributed by atoms with Crippen LogP contribution in [0.2, 0.25) is 0 Å². The van der Waals surface area contributed by atoms with Gasteiger partial charge in [-0.2, -0.15) is 0 Å². The Morgan fingerprint density at radius 1 is 1.41 bits per heavy atom. The summed E-state index contributed by atoms with van der Waals surface area (Å²) in [5.41, 5.74) is 0.825. The maximum absolute atomic E-state index is 13.0. The summed E-state index contributed by atoms with van der Waals surface area (Å²) < 4.78 is 5.61. The van der Waals surface area contributed by atoms with Crippen molar-refractivity contribution in [3.05, 3.63) is 50.5 Å². The Morgan fingerprint density at radius 3 is 2.83 bits per heavy atom. The number of non-ortho nitro benzene ring substituents is 1. The van der Waals surface area contributed by atoms with Crippen molar-refractivity contribution in [1.29, 1.82) is 0 Å². The summed E-state index contributed by atoms with van der Waals surface area (Å²) in [6.45, 7) is 4.44. The molecule has 1 atom stereocenters. The van der Waals surface area contributed by atoms with Crippen LogP contribution < -0.4 is 5.32 Å². The lowest BCUT2D eigenvalue weighted by Crippen LogP contribution is -2.42. The minimum Gasteiger partial charge on any atom is -0.376 e. The number of rotatable bonds is 7.